The van der Waals surface area contributed by atoms with Crippen molar-refractivity contribution in [2.45, 2.75) is 53.4 Å². The van der Waals surface area contributed by atoms with Gasteiger partial charge in [-0.2, -0.15) is 0 Å². The number of hydrogen-bond donors (Lipinski definition) is 0. The molecule has 0 aromatic heterocycles. The predicted octanol–water partition coefficient (Wildman–Crippen LogP) is 2.75. The molecule has 1 fully saturated rings. The summed E-state index contributed by atoms with van der Waals surface area (Å²) in [7, 11) is 0. The molecule has 0 spiro atoms. The minimum atomic E-state index is -0.641. The van der Waals surface area contributed by atoms with Crippen molar-refractivity contribution in [2.24, 2.45) is 10.8 Å². The minimum Gasteiger partial charge on any atom is -0.299 e. The number of carbonyl (C=O) groups is 2. The third kappa shape index (κ3) is 1.75. The molecule has 0 amide bonds. The third-order valence-electron chi connectivity index (χ3n) is 3.25. The Morgan fingerprint density at radius 1 is 1.07 bits per heavy atom. The van der Waals surface area contributed by atoms with E-state index in [1.54, 1.807) is 6.92 Å². The SMILES string of the molecule is CC(=O)C1(C(=O)C(C)(C)C)CCCC1. The van der Waals surface area contributed by atoms with Crippen molar-refractivity contribution in [2.75, 3.05) is 0 Å². The normalized spacial score (nSPS) is 20.9. The van der Waals surface area contributed by atoms with Crippen LogP contribution in [0.4, 0.5) is 0 Å². The van der Waals surface area contributed by atoms with E-state index in [1.165, 1.54) is 0 Å². The molecule has 1 aliphatic rings. The molecular weight excluding hydrogens is 176 g/mol. The van der Waals surface area contributed by atoms with Crippen LogP contribution in [0.15, 0.2) is 0 Å². The number of Topliss-reactive ketones (excluding diaryl/α,β-unsaturated/α-hetero) is 2. The fourth-order valence-electron chi connectivity index (χ4n) is 2.44. The molecular formula is C12H20O2. The van der Waals surface area contributed by atoms with E-state index < -0.39 is 10.8 Å². The average Bonchev–Trinajstić information content (AvgIpc) is 2.50. The van der Waals surface area contributed by atoms with E-state index in [2.05, 4.69) is 0 Å². The quantitative estimate of drug-likeness (QED) is 0.636. The summed E-state index contributed by atoms with van der Waals surface area (Å²) < 4.78 is 0. The zero-order chi connectivity index (χ0) is 11.0. The second-order valence-corrected chi connectivity index (χ2v) is 5.42. The monoisotopic (exact) mass is 196 g/mol. The summed E-state index contributed by atoms with van der Waals surface area (Å²) in [5.41, 5.74) is -1.03. The number of ketones is 2. The molecule has 80 valence electrons. The van der Waals surface area contributed by atoms with E-state index in [4.69, 9.17) is 0 Å². The van der Waals surface area contributed by atoms with Crippen molar-refractivity contribution in [3.8, 4) is 0 Å². The van der Waals surface area contributed by atoms with Crippen LogP contribution in [-0.4, -0.2) is 11.6 Å². The van der Waals surface area contributed by atoms with Gasteiger partial charge in [-0.1, -0.05) is 33.6 Å². The van der Waals surface area contributed by atoms with Crippen LogP contribution in [0.5, 0.6) is 0 Å². The van der Waals surface area contributed by atoms with E-state index in [1.807, 2.05) is 20.8 Å². The molecule has 0 radical (unpaired) electrons. The molecule has 0 unspecified atom stereocenters. The summed E-state index contributed by atoms with van der Waals surface area (Å²) in [5, 5.41) is 0. The van der Waals surface area contributed by atoms with Gasteiger partial charge in [-0.3, -0.25) is 9.59 Å². The van der Waals surface area contributed by atoms with Crippen molar-refractivity contribution >= 4 is 11.6 Å². The molecule has 0 atom stereocenters. The second-order valence-electron chi connectivity index (χ2n) is 5.42. The van der Waals surface area contributed by atoms with Gasteiger partial charge < -0.3 is 0 Å². The van der Waals surface area contributed by atoms with Crippen LogP contribution in [0.1, 0.15) is 53.4 Å². The van der Waals surface area contributed by atoms with Gasteiger partial charge in [0, 0.05) is 5.41 Å². The van der Waals surface area contributed by atoms with Crippen molar-refractivity contribution in [3.63, 3.8) is 0 Å². The van der Waals surface area contributed by atoms with Gasteiger partial charge >= 0.3 is 0 Å². The van der Waals surface area contributed by atoms with E-state index in [9.17, 15) is 9.59 Å². The highest BCUT2D eigenvalue weighted by Gasteiger charge is 2.48. The Balaban J connectivity index is 3.01. The highest BCUT2D eigenvalue weighted by Crippen LogP contribution is 2.44. The van der Waals surface area contributed by atoms with Gasteiger partial charge in [0.05, 0.1) is 5.41 Å². The lowest BCUT2D eigenvalue weighted by atomic mass is 9.69. The van der Waals surface area contributed by atoms with Gasteiger partial charge in [-0.05, 0) is 19.8 Å². The lowest BCUT2D eigenvalue weighted by Crippen LogP contribution is -2.42. The first-order chi connectivity index (χ1) is 6.31. The minimum absolute atomic E-state index is 0.0647. The Morgan fingerprint density at radius 3 is 1.79 bits per heavy atom. The average molecular weight is 196 g/mol. The second kappa shape index (κ2) is 3.48. The molecule has 0 aliphatic heterocycles. The fraction of sp³-hybridized carbons (Fsp3) is 0.833. The van der Waals surface area contributed by atoms with Crippen LogP contribution in [0.25, 0.3) is 0 Å². The van der Waals surface area contributed by atoms with Crippen LogP contribution >= 0.6 is 0 Å². The Kier molecular flexibility index (Phi) is 2.84. The van der Waals surface area contributed by atoms with E-state index >= 15 is 0 Å². The molecule has 0 N–H and O–H groups in total. The molecule has 0 bridgehead atoms. The third-order valence-corrected chi connectivity index (χ3v) is 3.25. The van der Waals surface area contributed by atoms with Gasteiger partial charge in [-0.15, -0.1) is 0 Å². The van der Waals surface area contributed by atoms with Crippen LogP contribution < -0.4 is 0 Å². The summed E-state index contributed by atoms with van der Waals surface area (Å²) >= 11 is 0. The van der Waals surface area contributed by atoms with Gasteiger partial charge in [-0.25, -0.2) is 0 Å². The molecule has 1 saturated carbocycles. The zero-order valence-electron chi connectivity index (χ0n) is 9.64. The van der Waals surface area contributed by atoms with Gasteiger partial charge in [0.25, 0.3) is 0 Å². The molecule has 1 aliphatic carbocycles. The van der Waals surface area contributed by atoms with Crippen molar-refractivity contribution in [1.82, 2.24) is 0 Å². The van der Waals surface area contributed by atoms with Crippen molar-refractivity contribution in [3.05, 3.63) is 0 Å². The first kappa shape index (κ1) is 11.4. The Morgan fingerprint density at radius 2 is 1.50 bits per heavy atom. The maximum absolute atomic E-state index is 12.2. The lowest BCUT2D eigenvalue weighted by Gasteiger charge is -2.31. The smallest absolute Gasteiger partial charge is 0.151 e. The standard InChI is InChI=1S/C12H20O2/c1-9(13)12(7-5-6-8-12)10(14)11(2,3)4/h5-8H2,1-4H3. The molecule has 1 rings (SSSR count). The summed E-state index contributed by atoms with van der Waals surface area (Å²) in [6.07, 6.45) is 3.56. The van der Waals surface area contributed by atoms with E-state index in [-0.39, 0.29) is 11.6 Å². The van der Waals surface area contributed by atoms with Gasteiger partial charge in [0.15, 0.2) is 5.78 Å². The first-order valence-electron chi connectivity index (χ1n) is 5.37. The van der Waals surface area contributed by atoms with Crippen LogP contribution in [-0.2, 0) is 9.59 Å². The molecule has 0 aromatic rings. The summed E-state index contributed by atoms with van der Waals surface area (Å²) in [6, 6.07) is 0. The highest BCUT2D eigenvalue weighted by atomic mass is 16.2. The van der Waals surface area contributed by atoms with E-state index in [0.717, 1.165) is 25.7 Å². The van der Waals surface area contributed by atoms with Crippen LogP contribution in [0.2, 0.25) is 0 Å². The molecule has 0 heterocycles. The molecule has 2 heteroatoms. The zero-order valence-corrected chi connectivity index (χ0v) is 9.64. The Bertz CT molecular complexity index is 252. The fourth-order valence-corrected chi connectivity index (χ4v) is 2.44. The number of rotatable bonds is 2. The number of hydrogen-bond acceptors (Lipinski definition) is 2. The highest BCUT2D eigenvalue weighted by molar-refractivity contribution is 6.08. The van der Waals surface area contributed by atoms with Gasteiger partial charge in [0.2, 0.25) is 0 Å². The first-order valence-corrected chi connectivity index (χ1v) is 5.37. The lowest BCUT2D eigenvalue weighted by molar-refractivity contribution is -0.144. The molecule has 0 aromatic carbocycles. The van der Waals surface area contributed by atoms with Crippen LogP contribution in [0.3, 0.4) is 0 Å². The summed E-state index contributed by atoms with van der Waals surface area (Å²) in [4.78, 5) is 23.8. The Hall–Kier alpha value is -0.660. The van der Waals surface area contributed by atoms with Crippen molar-refractivity contribution < 1.29 is 9.59 Å². The summed E-state index contributed by atoms with van der Waals surface area (Å²) in [6.45, 7) is 7.27. The maximum atomic E-state index is 12.2. The maximum Gasteiger partial charge on any atom is 0.151 e. The van der Waals surface area contributed by atoms with Gasteiger partial charge in [0.1, 0.15) is 5.78 Å². The molecule has 0 saturated heterocycles. The number of carbonyl (C=O) groups excluding carboxylic acids is 2. The Labute approximate surface area is 86.1 Å². The van der Waals surface area contributed by atoms with Crippen molar-refractivity contribution in [1.29, 1.82) is 0 Å². The topological polar surface area (TPSA) is 34.1 Å². The molecule has 14 heavy (non-hydrogen) atoms. The summed E-state index contributed by atoms with van der Waals surface area (Å²) in [5.74, 6) is 0.199. The largest absolute Gasteiger partial charge is 0.299 e. The van der Waals surface area contributed by atoms with E-state index in [0.29, 0.717) is 0 Å². The van der Waals surface area contributed by atoms with Crippen LogP contribution in [0, 0.1) is 10.8 Å². The predicted molar refractivity (Wildman–Crippen MR) is 56.0 cm³/mol. The molecule has 2 nitrogen and oxygen atoms in total.